The summed E-state index contributed by atoms with van der Waals surface area (Å²) in [7, 11) is 1.63. The number of aryl methyl sites for hydroxylation is 2. The Morgan fingerprint density at radius 2 is 1.84 bits per heavy atom. The molecule has 0 fully saturated rings. The Hall–Kier alpha value is -2.31. The number of nitrogens with zero attached hydrogens (tertiary/aromatic N) is 1. The maximum absolute atomic E-state index is 13.7. The van der Waals surface area contributed by atoms with Gasteiger partial charge in [0.2, 0.25) is 5.91 Å². The Morgan fingerprint density at radius 3 is 2.48 bits per heavy atom. The number of rotatable bonds is 6. The molecule has 1 atom stereocenters. The molecule has 1 unspecified atom stereocenters. The van der Waals surface area contributed by atoms with E-state index in [1.54, 1.807) is 11.9 Å². The first kappa shape index (κ1) is 19.0. The molecule has 2 aromatic rings. The predicted molar refractivity (Wildman–Crippen MR) is 93.4 cm³/mol. The third-order valence-electron chi connectivity index (χ3n) is 3.96. The molecule has 25 heavy (non-hydrogen) atoms. The van der Waals surface area contributed by atoms with Crippen LogP contribution in [0.15, 0.2) is 36.4 Å². The number of anilines is 1. The number of amides is 1. The molecule has 0 radical (unpaired) electrons. The Bertz CT molecular complexity index is 745. The summed E-state index contributed by atoms with van der Waals surface area (Å²) < 4.78 is 26.9. The molecule has 0 bridgehead atoms. The van der Waals surface area contributed by atoms with E-state index in [1.807, 2.05) is 32.0 Å². The maximum Gasteiger partial charge on any atom is 0.238 e. The number of hydrogen-bond donors (Lipinski definition) is 2. The summed E-state index contributed by atoms with van der Waals surface area (Å²) in [5.74, 6) is -1.54. The van der Waals surface area contributed by atoms with Gasteiger partial charge in [0.25, 0.3) is 0 Å². The summed E-state index contributed by atoms with van der Waals surface area (Å²) >= 11 is 0. The van der Waals surface area contributed by atoms with Crippen molar-refractivity contribution in [1.82, 2.24) is 4.90 Å². The third kappa shape index (κ3) is 5.08. The fraction of sp³-hybridized carbons (Fsp3) is 0.316. The van der Waals surface area contributed by atoms with Crippen LogP contribution in [0.5, 0.6) is 0 Å². The Kier molecular flexibility index (Phi) is 6.22. The number of aliphatic hydroxyl groups is 1. The summed E-state index contributed by atoms with van der Waals surface area (Å²) in [5, 5.41) is 13.0. The zero-order chi connectivity index (χ0) is 18.6. The van der Waals surface area contributed by atoms with Gasteiger partial charge >= 0.3 is 0 Å². The molecule has 2 rings (SSSR count). The van der Waals surface area contributed by atoms with Crippen molar-refractivity contribution in [3.8, 4) is 0 Å². The van der Waals surface area contributed by atoms with E-state index < -0.39 is 17.7 Å². The van der Waals surface area contributed by atoms with Gasteiger partial charge in [-0.1, -0.05) is 18.2 Å². The monoisotopic (exact) mass is 348 g/mol. The number of hydrogen-bond acceptors (Lipinski definition) is 3. The highest BCUT2D eigenvalue weighted by Gasteiger charge is 2.18. The Balaban J connectivity index is 1.96. The quantitative estimate of drug-likeness (QED) is 0.843. The number of carbonyl (C=O) groups excluding carboxylic acids is 1. The van der Waals surface area contributed by atoms with Crippen molar-refractivity contribution < 1.29 is 18.7 Å². The fourth-order valence-electron chi connectivity index (χ4n) is 2.66. The van der Waals surface area contributed by atoms with Crippen LogP contribution in [0.3, 0.4) is 0 Å². The van der Waals surface area contributed by atoms with Crippen LogP contribution >= 0.6 is 0 Å². The maximum atomic E-state index is 13.7. The number of aliphatic hydroxyl groups excluding tert-OH is 1. The largest absolute Gasteiger partial charge is 0.387 e. The van der Waals surface area contributed by atoms with Crippen LogP contribution in [-0.4, -0.2) is 36.1 Å². The number of halogens is 2. The normalized spacial score (nSPS) is 12.3. The highest BCUT2D eigenvalue weighted by Crippen LogP contribution is 2.20. The molecule has 0 aromatic heterocycles. The van der Waals surface area contributed by atoms with Crippen molar-refractivity contribution >= 4 is 11.6 Å². The van der Waals surface area contributed by atoms with Crippen molar-refractivity contribution in [3.63, 3.8) is 0 Å². The highest BCUT2D eigenvalue weighted by atomic mass is 19.1. The standard InChI is InChI=1S/C19H22F2N2O2/c1-12-5-4-6-13(2)19(12)22-18(25)11-23(3)10-17(24)15-9-14(20)7-8-16(15)21/h4-9,17,24H,10-11H2,1-3H3,(H,22,25). The molecule has 6 heteroatoms. The lowest BCUT2D eigenvalue weighted by Crippen LogP contribution is -2.33. The number of benzene rings is 2. The average molecular weight is 348 g/mol. The summed E-state index contributed by atoms with van der Waals surface area (Å²) in [5.41, 5.74) is 2.55. The number of likely N-dealkylation sites (N-methyl/N-ethyl adjacent to an activating group) is 1. The lowest BCUT2D eigenvalue weighted by atomic mass is 10.1. The molecular formula is C19H22F2N2O2. The van der Waals surface area contributed by atoms with Gasteiger partial charge in [0.15, 0.2) is 0 Å². The Labute approximate surface area is 146 Å². The van der Waals surface area contributed by atoms with Gasteiger partial charge in [-0.25, -0.2) is 8.78 Å². The molecule has 0 heterocycles. The molecular weight excluding hydrogens is 326 g/mol. The van der Waals surface area contributed by atoms with Gasteiger partial charge in [0.1, 0.15) is 11.6 Å². The zero-order valence-corrected chi connectivity index (χ0v) is 14.5. The molecule has 1 amide bonds. The smallest absolute Gasteiger partial charge is 0.238 e. The van der Waals surface area contributed by atoms with Gasteiger partial charge in [-0.05, 0) is 50.2 Å². The number of nitrogens with one attached hydrogen (secondary N) is 1. The second-order valence-electron chi connectivity index (χ2n) is 6.19. The summed E-state index contributed by atoms with van der Waals surface area (Å²) in [6.07, 6.45) is -1.23. The molecule has 0 aliphatic carbocycles. The van der Waals surface area contributed by atoms with Crippen LogP contribution in [0.1, 0.15) is 22.8 Å². The van der Waals surface area contributed by atoms with Crippen LogP contribution in [0.25, 0.3) is 0 Å². The van der Waals surface area contributed by atoms with Crippen LogP contribution in [0.2, 0.25) is 0 Å². The number of para-hydroxylation sites is 1. The second kappa shape index (κ2) is 8.18. The average Bonchev–Trinajstić information content (AvgIpc) is 2.53. The molecule has 134 valence electrons. The van der Waals surface area contributed by atoms with Crippen molar-refractivity contribution in [2.75, 3.05) is 25.5 Å². The van der Waals surface area contributed by atoms with Crippen molar-refractivity contribution in [1.29, 1.82) is 0 Å². The molecule has 2 aromatic carbocycles. The summed E-state index contributed by atoms with van der Waals surface area (Å²) in [4.78, 5) is 13.8. The minimum Gasteiger partial charge on any atom is -0.387 e. The van der Waals surface area contributed by atoms with Gasteiger partial charge in [-0.3, -0.25) is 9.69 Å². The van der Waals surface area contributed by atoms with E-state index in [9.17, 15) is 18.7 Å². The van der Waals surface area contributed by atoms with E-state index in [4.69, 9.17) is 0 Å². The van der Waals surface area contributed by atoms with Gasteiger partial charge in [0.05, 0.1) is 12.6 Å². The highest BCUT2D eigenvalue weighted by molar-refractivity contribution is 5.93. The van der Waals surface area contributed by atoms with Gasteiger partial charge < -0.3 is 10.4 Å². The van der Waals surface area contributed by atoms with Gasteiger partial charge in [-0.15, -0.1) is 0 Å². The van der Waals surface area contributed by atoms with E-state index in [-0.39, 0.29) is 24.6 Å². The summed E-state index contributed by atoms with van der Waals surface area (Å²) in [6.45, 7) is 3.83. The van der Waals surface area contributed by atoms with E-state index >= 15 is 0 Å². The first-order valence-corrected chi connectivity index (χ1v) is 7.95. The van der Waals surface area contributed by atoms with Crippen molar-refractivity contribution in [2.45, 2.75) is 20.0 Å². The molecule has 0 aliphatic rings. The first-order valence-electron chi connectivity index (χ1n) is 7.95. The van der Waals surface area contributed by atoms with E-state index in [1.165, 1.54) is 0 Å². The molecule has 0 aliphatic heterocycles. The first-order chi connectivity index (χ1) is 11.8. The van der Waals surface area contributed by atoms with Crippen LogP contribution in [-0.2, 0) is 4.79 Å². The van der Waals surface area contributed by atoms with Crippen molar-refractivity contribution in [2.24, 2.45) is 0 Å². The molecule has 0 saturated heterocycles. The molecule has 0 spiro atoms. The lowest BCUT2D eigenvalue weighted by molar-refractivity contribution is -0.117. The van der Waals surface area contributed by atoms with Crippen LogP contribution < -0.4 is 5.32 Å². The van der Waals surface area contributed by atoms with Gasteiger partial charge in [0, 0.05) is 17.8 Å². The Morgan fingerprint density at radius 1 is 1.20 bits per heavy atom. The minimum absolute atomic E-state index is 0.000543. The third-order valence-corrected chi connectivity index (χ3v) is 3.96. The predicted octanol–water partition coefficient (Wildman–Crippen LogP) is 3.19. The van der Waals surface area contributed by atoms with Crippen LogP contribution in [0.4, 0.5) is 14.5 Å². The van der Waals surface area contributed by atoms with E-state index in [0.29, 0.717) is 0 Å². The van der Waals surface area contributed by atoms with Crippen molar-refractivity contribution in [3.05, 3.63) is 64.7 Å². The van der Waals surface area contributed by atoms with Gasteiger partial charge in [-0.2, -0.15) is 0 Å². The minimum atomic E-state index is -1.23. The molecule has 4 nitrogen and oxygen atoms in total. The molecule has 0 saturated carbocycles. The topological polar surface area (TPSA) is 52.6 Å². The SMILES string of the molecule is Cc1cccc(C)c1NC(=O)CN(C)CC(O)c1cc(F)ccc1F. The van der Waals surface area contributed by atoms with E-state index in [0.717, 1.165) is 35.0 Å². The fourth-order valence-corrected chi connectivity index (χ4v) is 2.66. The number of carbonyl (C=O) groups is 1. The van der Waals surface area contributed by atoms with Crippen LogP contribution in [0, 0.1) is 25.5 Å². The lowest BCUT2D eigenvalue weighted by Gasteiger charge is -2.21. The second-order valence-corrected chi connectivity index (χ2v) is 6.19. The summed E-state index contributed by atoms with van der Waals surface area (Å²) in [6, 6.07) is 8.65. The zero-order valence-electron chi connectivity index (χ0n) is 14.5. The molecule has 2 N–H and O–H groups in total. The van der Waals surface area contributed by atoms with E-state index in [2.05, 4.69) is 5.32 Å².